The van der Waals surface area contributed by atoms with Gasteiger partial charge in [-0.05, 0) is 63.1 Å². The summed E-state index contributed by atoms with van der Waals surface area (Å²) >= 11 is 1.01. The molecule has 0 saturated carbocycles. The maximum atomic E-state index is 12.6. The number of carbonyl (C=O) groups excluding carboxylic acids is 1. The molecule has 1 heterocycles. The normalized spacial score (nSPS) is 11.3. The van der Waals surface area contributed by atoms with Crippen molar-refractivity contribution in [1.82, 2.24) is 4.98 Å². The van der Waals surface area contributed by atoms with Crippen LogP contribution in [0.2, 0.25) is 0 Å². The molecular formula is C20H21N3O3S2. The largest absolute Gasteiger partial charge is 0.321 e. The summed E-state index contributed by atoms with van der Waals surface area (Å²) in [6.07, 6.45) is 0. The first-order valence-electron chi connectivity index (χ1n) is 8.60. The van der Waals surface area contributed by atoms with Gasteiger partial charge in [-0.2, -0.15) is 0 Å². The van der Waals surface area contributed by atoms with Crippen LogP contribution >= 0.6 is 11.3 Å². The van der Waals surface area contributed by atoms with E-state index in [2.05, 4.69) is 15.0 Å². The first-order chi connectivity index (χ1) is 13.1. The zero-order chi connectivity index (χ0) is 20.5. The van der Waals surface area contributed by atoms with Gasteiger partial charge in [-0.25, -0.2) is 13.4 Å². The lowest BCUT2D eigenvalue weighted by molar-refractivity contribution is 0.103. The van der Waals surface area contributed by atoms with Gasteiger partial charge in [-0.1, -0.05) is 35.1 Å². The number of benzene rings is 2. The van der Waals surface area contributed by atoms with Crippen LogP contribution in [0, 0.1) is 27.7 Å². The molecule has 0 saturated heterocycles. The number of hydrogen-bond donors (Lipinski definition) is 2. The molecule has 1 amide bonds. The molecule has 0 atom stereocenters. The fourth-order valence-electron chi connectivity index (χ4n) is 2.78. The fraction of sp³-hybridized carbons (Fsp3) is 0.200. The van der Waals surface area contributed by atoms with Crippen LogP contribution in [0.4, 0.5) is 10.8 Å². The number of anilines is 2. The third-order valence-electron chi connectivity index (χ3n) is 4.04. The Bertz CT molecular complexity index is 1110. The van der Waals surface area contributed by atoms with Crippen molar-refractivity contribution in [3.63, 3.8) is 0 Å². The van der Waals surface area contributed by atoms with Crippen LogP contribution < -0.4 is 10.0 Å². The van der Waals surface area contributed by atoms with E-state index >= 15 is 0 Å². The highest BCUT2D eigenvalue weighted by molar-refractivity contribution is 7.93. The minimum atomic E-state index is -3.76. The van der Waals surface area contributed by atoms with Gasteiger partial charge in [0.2, 0.25) is 0 Å². The van der Waals surface area contributed by atoms with E-state index in [1.54, 1.807) is 19.1 Å². The summed E-state index contributed by atoms with van der Waals surface area (Å²) in [4.78, 5) is 17.3. The zero-order valence-corrected chi connectivity index (χ0v) is 17.7. The van der Waals surface area contributed by atoms with Crippen LogP contribution in [0.5, 0.6) is 0 Å². The van der Waals surface area contributed by atoms with Crippen molar-refractivity contribution in [3.8, 4) is 0 Å². The van der Waals surface area contributed by atoms with Crippen molar-refractivity contribution in [2.75, 3.05) is 10.0 Å². The van der Waals surface area contributed by atoms with E-state index in [1.165, 1.54) is 12.1 Å². The molecule has 146 valence electrons. The average molecular weight is 416 g/mol. The maximum absolute atomic E-state index is 12.6. The molecule has 3 rings (SSSR count). The molecule has 2 N–H and O–H groups in total. The number of sulfonamides is 1. The standard InChI is InChI=1S/C20H21N3O3S2/c1-12-5-7-17(8-6-12)28(25,26)23-20-21-15(4)18(27-20)19(24)22-16-10-13(2)9-14(3)11-16/h5-11H,1-4H3,(H,21,23)(H,22,24). The summed E-state index contributed by atoms with van der Waals surface area (Å²) < 4.78 is 27.5. The molecule has 0 bridgehead atoms. The van der Waals surface area contributed by atoms with Crippen molar-refractivity contribution in [3.05, 3.63) is 69.7 Å². The van der Waals surface area contributed by atoms with E-state index in [0.717, 1.165) is 28.0 Å². The molecule has 0 aliphatic heterocycles. The summed E-state index contributed by atoms with van der Waals surface area (Å²) in [5, 5.41) is 3.01. The van der Waals surface area contributed by atoms with Gasteiger partial charge in [0.15, 0.2) is 5.13 Å². The third-order valence-corrected chi connectivity index (χ3v) is 6.59. The maximum Gasteiger partial charge on any atom is 0.267 e. The predicted molar refractivity (Wildman–Crippen MR) is 113 cm³/mol. The number of carbonyl (C=O) groups is 1. The second kappa shape index (κ2) is 7.73. The fourth-order valence-corrected chi connectivity index (χ4v) is 4.87. The molecule has 0 aliphatic rings. The Balaban J connectivity index is 1.80. The van der Waals surface area contributed by atoms with Gasteiger partial charge in [-0.15, -0.1) is 0 Å². The Kier molecular flexibility index (Phi) is 5.53. The van der Waals surface area contributed by atoms with Crippen molar-refractivity contribution in [2.24, 2.45) is 0 Å². The van der Waals surface area contributed by atoms with Crippen LogP contribution in [-0.2, 0) is 10.0 Å². The lowest BCUT2D eigenvalue weighted by atomic mass is 10.1. The number of nitrogens with one attached hydrogen (secondary N) is 2. The van der Waals surface area contributed by atoms with Gasteiger partial charge < -0.3 is 5.32 Å². The van der Waals surface area contributed by atoms with Gasteiger partial charge in [0, 0.05) is 5.69 Å². The summed E-state index contributed by atoms with van der Waals surface area (Å²) in [5.74, 6) is -0.319. The van der Waals surface area contributed by atoms with Gasteiger partial charge in [0.05, 0.1) is 10.6 Å². The topological polar surface area (TPSA) is 88.2 Å². The third kappa shape index (κ3) is 4.58. The zero-order valence-electron chi connectivity index (χ0n) is 16.0. The van der Waals surface area contributed by atoms with Gasteiger partial charge in [0.25, 0.3) is 15.9 Å². The van der Waals surface area contributed by atoms with E-state index in [1.807, 2.05) is 39.0 Å². The number of thiazole rings is 1. The molecule has 1 aromatic heterocycles. The summed E-state index contributed by atoms with van der Waals surface area (Å²) in [7, 11) is -3.76. The molecule has 2 aromatic carbocycles. The highest BCUT2D eigenvalue weighted by atomic mass is 32.2. The van der Waals surface area contributed by atoms with E-state index in [9.17, 15) is 13.2 Å². The van der Waals surface area contributed by atoms with Gasteiger partial charge >= 0.3 is 0 Å². The predicted octanol–water partition coefficient (Wildman–Crippen LogP) is 4.43. The monoisotopic (exact) mass is 415 g/mol. The Morgan fingerprint density at radius 2 is 1.54 bits per heavy atom. The second-order valence-corrected chi connectivity index (χ2v) is 9.36. The van der Waals surface area contributed by atoms with Gasteiger partial charge in [-0.3, -0.25) is 9.52 Å². The van der Waals surface area contributed by atoms with E-state index < -0.39 is 10.0 Å². The van der Waals surface area contributed by atoms with E-state index in [-0.39, 0.29) is 15.9 Å². The summed E-state index contributed by atoms with van der Waals surface area (Å²) in [6.45, 7) is 7.47. The molecule has 3 aromatic rings. The number of rotatable bonds is 5. The molecule has 0 unspecified atom stereocenters. The number of aryl methyl sites for hydroxylation is 4. The second-order valence-electron chi connectivity index (χ2n) is 6.68. The van der Waals surface area contributed by atoms with Crippen LogP contribution in [0.25, 0.3) is 0 Å². The van der Waals surface area contributed by atoms with Crippen molar-refractivity contribution >= 4 is 38.1 Å². The van der Waals surface area contributed by atoms with E-state index in [4.69, 9.17) is 0 Å². The minimum absolute atomic E-state index is 0.146. The Hall–Kier alpha value is -2.71. The number of aromatic nitrogens is 1. The molecular weight excluding hydrogens is 394 g/mol. The minimum Gasteiger partial charge on any atom is -0.321 e. The molecule has 28 heavy (non-hydrogen) atoms. The van der Waals surface area contributed by atoms with Crippen LogP contribution in [0.15, 0.2) is 47.4 Å². The first-order valence-corrected chi connectivity index (χ1v) is 10.9. The van der Waals surface area contributed by atoms with Crippen molar-refractivity contribution in [2.45, 2.75) is 32.6 Å². The molecule has 8 heteroatoms. The number of hydrogen-bond acceptors (Lipinski definition) is 5. The smallest absolute Gasteiger partial charge is 0.267 e. The number of nitrogens with zero attached hydrogens (tertiary/aromatic N) is 1. The lowest BCUT2D eigenvalue weighted by Gasteiger charge is -2.07. The van der Waals surface area contributed by atoms with Crippen molar-refractivity contribution in [1.29, 1.82) is 0 Å². The van der Waals surface area contributed by atoms with E-state index in [0.29, 0.717) is 16.3 Å². The lowest BCUT2D eigenvalue weighted by Crippen LogP contribution is -2.12. The average Bonchev–Trinajstić information content (AvgIpc) is 2.94. The summed E-state index contributed by atoms with van der Waals surface area (Å²) in [6, 6.07) is 12.3. The SMILES string of the molecule is Cc1ccc(S(=O)(=O)Nc2nc(C)c(C(=O)Nc3cc(C)cc(C)c3)s2)cc1. The highest BCUT2D eigenvalue weighted by Gasteiger charge is 2.20. The summed E-state index contributed by atoms with van der Waals surface area (Å²) in [5.41, 5.74) is 4.21. The van der Waals surface area contributed by atoms with Gasteiger partial charge in [0.1, 0.15) is 4.88 Å². The molecule has 0 spiro atoms. The Morgan fingerprint density at radius 3 is 2.14 bits per heavy atom. The van der Waals surface area contributed by atoms with Crippen LogP contribution in [0.1, 0.15) is 32.1 Å². The van der Waals surface area contributed by atoms with Crippen molar-refractivity contribution < 1.29 is 13.2 Å². The molecule has 0 radical (unpaired) electrons. The Labute approximate surface area is 168 Å². The Morgan fingerprint density at radius 1 is 0.929 bits per heavy atom. The molecule has 0 fully saturated rings. The first kappa shape index (κ1) is 20.0. The quantitative estimate of drug-likeness (QED) is 0.645. The highest BCUT2D eigenvalue weighted by Crippen LogP contribution is 2.26. The number of amides is 1. The van der Waals surface area contributed by atoms with Crippen LogP contribution in [0.3, 0.4) is 0 Å². The molecule has 0 aliphatic carbocycles. The van der Waals surface area contributed by atoms with Crippen LogP contribution in [-0.4, -0.2) is 19.3 Å². The molecule has 6 nitrogen and oxygen atoms in total.